The van der Waals surface area contributed by atoms with Gasteiger partial charge in [-0.1, -0.05) is 37.3 Å². The number of hydrogen-bond acceptors (Lipinski definition) is 6. The molecule has 1 unspecified atom stereocenters. The second-order valence-corrected chi connectivity index (χ2v) is 7.85. The lowest BCUT2D eigenvalue weighted by Gasteiger charge is -2.35. The normalized spacial score (nSPS) is 15.5. The summed E-state index contributed by atoms with van der Waals surface area (Å²) in [6.45, 7) is 5.82. The molecule has 0 spiro atoms. The lowest BCUT2D eigenvalue weighted by atomic mass is 10.0. The van der Waals surface area contributed by atoms with E-state index in [1.165, 1.54) is 0 Å². The van der Waals surface area contributed by atoms with E-state index in [0.717, 1.165) is 24.3 Å². The number of piperidine rings is 1. The Kier molecular flexibility index (Phi) is 9.21. The fourth-order valence-corrected chi connectivity index (χ4v) is 3.23. The number of aliphatic carboxylic acids is 1. The minimum atomic E-state index is -5.08. The van der Waals surface area contributed by atoms with Crippen LogP contribution < -0.4 is 10.5 Å². The molecule has 1 fully saturated rings. The molecule has 2 heterocycles. The minimum Gasteiger partial charge on any atom is -0.480 e. The Hall–Kier alpha value is -3.15. The van der Waals surface area contributed by atoms with Crippen molar-refractivity contribution in [1.82, 2.24) is 19.9 Å². The minimum absolute atomic E-state index is 0.0588. The van der Waals surface area contributed by atoms with Crippen molar-refractivity contribution in [2.75, 3.05) is 13.1 Å². The molecule has 33 heavy (non-hydrogen) atoms. The number of carboxylic acid groups (broad SMARTS) is 1. The molecule has 1 aliphatic rings. The molecule has 0 bridgehead atoms. The van der Waals surface area contributed by atoms with Crippen LogP contribution in [0, 0.1) is 5.92 Å². The SMILES string of the molecule is CC(C)C(Oc1ccccc1)C(=O)N1CCC(n2cc(CN)nn2)CC1.O=C(O)C(F)(F)F. The number of carbonyl (C=O) groups is 2. The van der Waals surface area contributed by atoms with E-state index in [4.69, 9.17) is 20.4 Å². The van der Waals surface area contributed by atoms with Crippen LogP contribution in [-0.4, -0.2) is 62.2 Å². The Labute approximate surface area is 189 Å². The van der Waals surface area contributed by atoms with Crippen LogP contribution in [0.4, 0.5) is 13.2 Å². The molecule has 2 aromatic rings. The van der Waals surface area contributed by atoms with Crippen molar-refractivity contribution >= 4 is 11.9 Å². The topological polar surface area (TPSA) is 124 Å². The molecule has 0 aliphatic carbocycles. The lowest BCUT2D eigenvalue weighted by Crippen LogP contribution is -2.48. The van der Waals surface area contributed by atoms with Gasteiger partial charge in [-0.15, -0.1) is 5.10 Å². The second-order valence-electron chi connectivity index (χ2n) is 7.85. The molecule has 3 N–H and O–H groups in total. The third-order valence-corrected chi connectivity index (χ3v) is 5.01. The van der Waals surface area contributed by atoms with E-state index in [2.05, 4.69) is 10.3 Å². The van der Waals surface area contributed by atoms with Crippen molar-refractivity contribution in [2.24, 2.45) is 11.7 Å². The van der Waals surface area contributed by atoms with Crippen molar-refractivity contribution in [2.45, 2.75) is 51.6 Å². The van der Waals surface area contributed by atoms with E-state index >= 15 is 0 Å². The quantitative estimate of drug-likeness (QED) is 0.664. The van der Waals surface area contributed by atoms with Gasteiger partial charge in [0.2, 0.25) is 0 Å². The van der Waals surface area contributed by atoms with Crippen molar-refractivity contribution < 1.29 is 32.6 Å². The summed E-state index contributed by atoms with van der Waals surface area (Å²) in [5.74, 6) is -1.87. The van der Waals surface area contributed by atoms with Crippen LogP contribution in [0.3, 0.4) is 0 Å². The van der Waals surface area contributed by atoms with E-state index in [0.29, 0.717) is 19.6 Å². The third kappa shape index (κ3) is 7.74. The van der Waals surface area contributed by atoms with Crippen LogP contribution in [0.1, 0.15) is 38.4 Å². The van der Waals surface area contributed by atoms with Gasteiger partial charge in [0, 0.05) is 19.6 Å². The van der Waals surface area contributed by atoms with Gasteiger partial charge in [-0.3, -0.25) is 4.79 Å². The largest absolute Gasteiger partial charge is 0.490 e. The molecule has 1 aromatic carbocycles. The van der Waals surface area contributed by atoms with Crippen LogP contribution >= 0.6 is 0 Å². The molecule has 182 valence electrons. The summed E-state index contributed by atoms with van der Waals surface area (Å²) in [4.78, 5) is 23.8. The zero-order valence-corrected chi connectivity index (χ0v) is 18.4. The number of carboxylic acids is 1. The zero-order chi connectivity index (χ0) is 24.6. The van der Waals surface area contributed by atoms with Crippen LogP contribution in [-0.2, 0) is 16.1 Å². The molecule has 0 saturated carbocycles. The number of benzene rings is 1. The molecular formula is C21H28F3N5O4. The van der Waals surface area contributed by atoms with Crippen LogP contribution in [0.25, 0.3) is 0 Å². The number of aromatic nitrogens is 3. The molecule has 1 amide bonds. The maximum atomic E-state index is 13.0. The number of hydrogen-bond donors (Lipinski definition) is 2. The highest BCUT2D eigenvalue weighted by Crippen LogP contribution is 2.24. The van der Waals surface area contributed by atoms with Crippen LogP contribution in [0.15, 0.2) is 36.5 Å². The molecule has 1 saturated heterocycles. The van der Waals surface area contributed by atoms with Gasteiger partial charge in [-0.05, 0) is 30.9 Å². The summed E-state index contributed by atoms with van der Waals surface area (Å²) < 4.78 is 39.6. The highest BCUT2D eigenvalue weighted by molar-refractivity contribution is 5.81. The molecule has 12 heteroatoms. The summed E-state index contributed by atoms with van der Waals surface area (Å²) in [7, 11) is 0. The zero-order valence-electron chi connectivity index (χ0n) is 18.4. The molecule has 1 aromatic heterocycles. The molecule has 1 atom stereocenters. The van der Waals surface area contributed by atoms with Crippen LogP contribution in [0.5, 0.6) is 5.75 Å². The number of amides is 1. The first-order valence-corrected chi connectivity index (χ1v) is 10.4. The van der Waals surface area contributed by atoms with Gasteiger partial charge >= 0.3 is 12.1 Å². The standard InChI is InChI=1S/C19H27N5O2.C2HF3O2/c1-14(2)18(26-17-6-4-3-5-7-17)19(25)23-10-8-16(9-11-23)24-13-15(12-20)21-22-24;3-2(4,5)1(6)7/h3-7,13-14,16,18H,8-12,20H2,1-2H3;(H,6,7). The summed E-state index contributed by atoms with van der Waals surface area (Å²) in [5.41, 5.74) is 6.39. The molecule has 1 aliphatic heterocycles. The molecule has 9 nitrogen and oxygen atoms in total. The van der Waals surface area contributed by atoms with E-state index in [-0.39, 0.29) is 17.9 Å². The molecule has 3 rings (SSSR count). The van der Waals surface area contributed by atoms with Gasteiger partial charge in [-0.25, -0.2) is 9.48 Å². The predicted octanol–water partition coefficient (Wildman–Crippen LogP) is 2.64. The van der Waals surface area contributed by atoms with Gasteiger partial charge < -0.3 is 20.5 Å². The van der Waals surface area contributed by atoms with E-state index in [9.17, 15) is 18.0 Å². The highest BCUT2D eigenvalue weighted by atomic mass is 19.4. The van der Waals surface area contributed by atoms with Gasteiger partial charge in [0.05, 0.1) is 17.9 Å². The molecular weight excluding hydrogens is 443 g/mol. The van der Waals surface area contributed by atoms with Crippen molar-refractivity contribution in [1.29, 1.82) is 0 Å². The summed E-state index contributed by atoms with van der Waals surface area (Å²) >= 11 is 0. The smallest absolute Gasteiger partial charge is 0.480 e. The Morgan fingerprint density at radius 2 is 1.79 bits per heavy atom. The number of rotatable bonds is 6. The maximum Gasteiger partial charge on any atom is 0.490 e. The fraction of sp³-hybridized carbons (Fsp3) is 0.524. The maximum absolute atomic E-state index is 13.0. The van der Waals surface area contributed by atoms with Gasteiger partial charge in [-0.2, -0.15) is 13.2 Å². The summed E-state index contributed by atoms with van der Waals surface area (Å²) in [6.07, 6.45) is -1.94. The van der Waals surface area contributed by atoms with Gasteiger partial charge in [0.1, 0.15) is 5.75 Å². The fourth-order valence-electron chi connectivity index (χ4n) is 3.23. The number of halogens is 3. The number of carbonyl (C=O) groups excluding carboxylic acids is 1. The average Bonchev–Trinajstić information content (AvgIpc) is 3.27. The predicted molar refractivity (Wildman–Crippen MR) is 112 cm³/mol. The van der Waals surface area contributed by atoms with Gasteiger partial charge in [0.25, 0.3) is 5.91 Å². The number of likely N-dealkylation sites (tertiary alicyclic amines) is 1. The number of nitrogens with two attached hydrogens (primary N) is 1. The van der Waals surface area contributed by atoms with Crippen molar-refractivity contribution in [3.63, 3.8) is 0 Å². The first-order chi connectivity index (χ1) is 15.5. The number of para-hydroxylation sites is 1. The van der Waals surface area contributed by atoms with E-state index in [1.807, 2.05) is 60.0 Å². The van der Waals surface area contributed by atoms with E-state index < -0.39 is 18.2 Å². The van der Waals surface area contributed by atoms with Crippen molar-refractivity contribution in [3.05, 3.63) is 42.2 Å². The average molecular weight is 471 g/mol. The third-order valence-electron chi connectivity index (χ3n) is 5.01. The monoisotopic (exact) mass is 471 g/mol. The van der Waals surface area contributed by atoms with Crippen molar-refractivity contribution in [3.8, 4) is 5.75 Å². The second kappa shape index (κ2) is 11.6. The first kappa shape index (κ1) is 26.1. The van der Waals surface area contributed by atoms with E-state index in [1.54, 1.807) is 0 Å². The Balaban J connectivity index is 0.000000479. The number of nitrogens with zero attached hydrogens (tertiary/aromatic N) is 4. The molecule has 0 radical (unpaired) electrons. The Morgan fingerprint density at radius 1 is 1.21 bits per heavy atom. The Morgan fingerprint density at radius 3 is 2.24 bits per heavy atom. The number of alkyl halides is 3. The Bertz CT molecular complexity index is 897. The summed E-state index contributed by atoms with van der Waals surface area (Å²) in [5, 5.41) is 15.3. The first-order valence-electron chi connectivity index (χ1n) is 10.4. The highest BCUT2D eigenvalue weighted by Gasteiger charge is 2.38. The van der Waals surface area contributed by atoms with Gasteiger partial charge in [0.15, 0.2) is 6.10 Å². The van der Waals surface area contributed by atoms with Crippen LogP contribution in [0.2, 0.25) is 0 Å². The number of ether oxygens (including phenoxy) is 1. The lowest BCUT2D eigenvalue weighted by molar-refractivity contribution is -0.192. The summed E-state index contributed by atoms with van der Waals surface area (Å²) in [6, 6.07) is 9.79.